The lowest BCUT2D eigenvalue weighted by Crippen LogP contribution is -2.37. The van der Waals surface area contributed by atoms with E-state index in [4.69, 9.17) is 4.74 Å². The Bertz CT molecular complexity index is 844. The van der Waals surface area contributed by atoms with Crippen LogP contribution in [0.1, 0.15) is 17.2 Å². The molecule has 1 aromatic heterocycles. The molecule has 2 aliphatic heterocycles. The fourth-order valence-corrected chi connectivity index (χ4v) is 4.51. The molecule has 6 heteroatoms. The molecule has 1 amide bonds. The van der Waals surface area contributed by atoms with Gasteiger partial charge in [0.1, 0.15) is 18.2 Å². The fourth-order valence-electron chi connectivity index (χ4n) is 4.51. The summed E-state index contributed by atoms with van der Waals surface area (Å²) in [5.41, 5.74) is 2.03. The molecule has 1 aromatic carbocycles. The predicted octanol–water partition coefficient (Wildman–Crippen LogP) is 2.81. The number of amides is 1. The molecule has 0 bridgehead atoms. The zero-order valence-electron chi connectivity index (χ0n) is 15.6. The summed E-state index contributed by atoms with van der Waals surface area (Å²) in [5.74, 6) is 1.24. The van der Waals surface area contributed by atoms with Crippen molar-refractivity contribution in [3.63, 3.8) is 0 Å². The number of methoxy groups -OCH3 is 1. The first-order valence-electron chi connectivity index (χ1n) is 9.28. The van der Waals surface area contributed by atoms with Gasteiger partial charge in [-0.1, -0.05) is 12.1 Å². The molecule has 27 heavy (non-hydrogen) atoms. The number of benzene rings is 1. The first-order chi connectivity index (χ1) is 13.1. The SMILES string of the molecule is COCC(=O)N1C[C@H]2CN(c3cc(C)ccn3)C[C@H]2[C@@H]1c1cccc(F)c1. The lowest BCUT2D eigenvalue weighted by atomic mass is 9.89. The van der Waals surface area contributed by atoms with E-state index in [0.29, 0.717) is 12.5 Å². The third kappa shape index (κ3) is 3.41. The number of nitrogens with zero attached hydrogens (tertiary/aromatic N) is 3. The van der Waals surface area contributed by atoms with Crippen LogP contribution in [-0.4, -0.2) is 49.1 Å². The molecular weight excluding hydrogens is 345 g/mol. The molecule has 3 heterocycles. The molecule has 3 atom stereocenters. The summed E-state index contributed by atoms with van der Waals surface area (Å²) >= 11 is 0. The van der Waals surface area contributed by atoms with Crippen LogP contribution in [0, 0.1) is 24.6 Å². The Kier molecular flexibility index (Phi) is 4.83. The molecule has 0 radical (unpaired) electrons. The first kappa shape index (κ1) is 17.9. The molecule has 0 saturated carbocycles. The van der Waals surface area contributed by atoms with Gasteiger partial charge in [-0.3, -0.25) is 4.79 Å². The van der Waals surface area contributed by atoms with E-state index in [2.05, 4.69) is 22.9 Å². The number of halogens is 1. The summed E-state index contributed by atoms with van der Waals surface area (Å²) in [7, 11) is 1.52. The summed E-state index contributed by atoms with van der Waals surface area (Å²) in [6.07, 6.45) is 1.83. The number of fused-ring (bicyclic) bond motifs is 1. The molecule has 2 fully saturated rings. The predicted molar refractivity (Wildman–Crippen MR) is 101 cm³/mol. The molecule has 0 spiro atoms. The van der Waals surface area contributed by atoms with Crippen LogP contribution in [0.3, 0.4) is 0 Å². The number of likely N-dealkylation sites (tertiary alicyclic amines) is 1. The minimum Gasteiger partial charge on any atom is -0.375 e. The van der Waals surface area contributed by atoms with Gasteiger partial charge in [0.05, 0.1) is 6.04 Å². The van der Waals surface area contributed by atoms with E-state index in [0.717, 1.165) is 24.5 Å². The first-order valence-corrected chi connectivity index (χ1v) is 9.28. The molecule has 142 valence electrons. The normalized spacial score (nSPS) is 24.3. The minimum atomic E-state index is -0.273. The van der Waals surface area contributed by atoms with Gasteiger partial charge in [-0.25, -0.2) is 9.37 Å². The average Bonchev–Trinajstić information content (AvgIpc) is 3.19. The van der Waals surface area contributed by atoms with E-state index in [9.17, 15) is 9.18 Å². The van der Waals surface area contributed by atoms with Crippen molar-refractivity contribution in [1.29, 1.82) is 0 Å². The molecule has 4 rings (SSSR count). The van der Waals surface area contributed by atoms with Gasteiger partial charge in [-0.15, -0.1) is 0 Å². The summed E-state index contributed by atoms with van der Waals surface area (Å²) in [5, 5.41) is 0. The molecule has 5 nitrogen and oxygen atoms in total. The summed E-state index contributed by atoms with van der Waals surface area (Å²) < 4.78 is 18.9. The van der Waals surface area contributed by atoms with E-state index < -0.39 is 0 Å². The van der Waals surface area contributed by atoms with E-state index in [1.165, 1.54) is 18.7 Å². The third-order valence-corrected chi connectivity index (χ3v) is 5.67. The summed E-state index contributed by atoms with van der Waals surface area (Å²) in [6.45, 7) is 4.43. The van der Waals surface area contributed by atoms with Gasteiger partial charge in [0.15, 0.2) is 0 Å². The number of hydrogen-bond acceptors (Lipinski definition) is 4. The second-order valence-corrected chi connectivity index (χ2v) is 7.50. The highest BCUT2D eigenvalue weighted by Crippen LogP contribution is 2.45. The van der Waals surface area contributed by atoms with Crippen LogP contribution in [0.5, 0.6) is 0 Å². The minimum absolute atomic E-state index is 0.0404. The van der Waals surface area contributed by atoms with Crippen molar-refractivity contribution in [2.45, 2.75) is 13.0 Å². The zero-order valence-corrected chi connectivity index (χ0v) is 15.6. The molecule has 2 aromatic rings. The lowest BCUT2D eigenvalue weighted by molar-refractivity contribution is -0.136. The van der Waals surface area contributed by atoms with Gasteiger partial charge < -0.3 is 14.5 Å². The van der Waals surface area contributed by atoms with Crippen LogP contribution < -0.4 is 4.90 Å². The van der Waals surface area contributed by atoms with Crippen molar-refractivity contribution >= 4 is 11.7 Å². The summed E-state index contributed by atoms with van der Waals surface area (Å²) in [6, 6.07) is 10.6. The van der Waals surface area contributed by atoms with Crippen LogP contribution in [0.25, 0.3) is 0 Å². The van der Waals surface area contributed by atoms with Gasteiger partial charge in [0, 0.05) is 44.8 Å². The Labute approximate surface area is 158 Å². The highest BCUT2D eigenvalue weighted by molar-refractivity contribution is 5.78. The molecule has 0 N–H and O–H groups in total. The van der Waals surface area contributed by atoms with Crippen molar-refractivity contribution in [2.75, 3.05) is 38.3 Å². The number of carbonyl (C=O) groups is 1. The van der Waals surface area contributed by atoms with E-state index in [-0.39, 0.29) is 30.3 Å². The standard InChI is InChI=1S/C21H24FN3O2/c1-14-6-7-23-19(8-14)24-10-16-11-25(20(26)13-27-2)21(18(16)12-24)15-4-3-5-17(22)9-15/h3-9,16,18,21H,10-13H2,1-2H3/t16-,18-,21+/m1/s1. The van der Waals surface area contributed by atoms with Crippen LogP contribution in [0.2, 0.25) is 0 Å². The van der Waals surface area contributed by atoms with Crippen LogP contribution in [0.15, 0.2) is 42.6 Å². The van der Waals surface area contributed by atoms with E-state index >= 15 is 0 Å². The number of carbonyl (C=O) groups excluding carboxylic acids is 1. The molecule has 0 unspecified atom stereocenters. The Morgan fingerprint density at radius 3 is 2.85 bits per heavy atom. The monoisotopic (exact) mass is 369 g/mol. The highest BCUT2D eigenvalue weighted by Gasteiger charge is 2.49. The quantitative estimate of drug-likeness (QED) is 0.831. The van der Waals surface area contributed by atoms with E-state index in [1.807, 2.05) is 23.2 Å². The number of ether oxygens (including phenoxy) is 1. The number of aromatic nitrogens is 1. The average molecular weight is 369 g/mol. The third-order valence-electron chi connectivity index (χ3n) is 5.67. The van der Waals surface area contributed by atoms with Crippen molar-refractivity contribution in [1.82, 2.24) is 9.88 Å². The maximum atomic E-state index is 13.9. The van der Waals surface area contributed by atoms with Gasteiger partial charge >= 0.3 is 0 Å². The summed E-state index contributed by atoms with van der Waals surface area (Å²) in [4.78, 5) is 21.3. The van der Waals surface area contributed by atoms with Gasteiger partial charge in [0.25, 0.3) is 0 Å². The van der Waals surface area contributed by atoms with Gasteiger partial charge in [0.2, 0.25) is 5.91 Å². The van der Waals surface area contributed by atoms with Gasteiger partial charge in [-0.05, 0) is 42.3 Å². The fraction of sp³-hybridized carbons (Fsp3) is 0.429. The lowest BCUT2D eigenvalue weighted by Gasteiger charge is -2.30. The van der Waals surface area contributed by atoms with Crippen LogP contribution in [-0.2, 0) is 9.53 Å². The molecule has 2 aliphatic rings. The van der Waals surface area contributed by atoms with E-state index in [1.54, 1.807) is 12.1 Å². The number of hydrogen-bond donors (Lipinski definition) is 0. The van der Waals surface area contributed by atoms with Crippen molar-refractivity contribution in [3.8, 4) is 0 Å². The second kappa shape index (κ2) is 7.27. The zero-order chi connectivity index (χ0) is 19.0. The van der Waals surface area contributed by atoms with Crippen molar-refractivity contribution in [2.24, 2.45) is 11.8 Å². The molecule has 2 saturated heterocycles. The maximum Gasteiger partial charge on any atom is 0.249 e. The van der Waals surface area contributed by atoms with Crippen molar-refractivity contribution in [3.05, 3.63) is 59.5 Å². The number of aryl methyl sites for hydroxylation is 1. The number of rotatable bonds is 4. The largest absolute Gasteiger partial charge is 0.375 e. The Morgan fingerprint density at radius 1 is 1.26 bits per heavy atom. The Balaban J connectivity index is 1.63. The molecular formula is C21H24FN3O2. The topological polar surface area (TPSA) is 45.7 Å². The number of anilines is 1. The number of pyridine rings is 1. The van der Waals surface area contributed by atoms with Crippen LogP contribution in [0.4, 0.5) is 10.2 Å². The molecule has 0 aliphatic carbocycles. The smallest absolute Gasteiger partial charge is 0.249 e. The van der Waals surface area contributed by atoms with Crippen LogP contribution >= 0.6 is 0 Å². The Hall–Kier alpha value is -2.47. The maximum absolute atomic E-state index is 13.9. The Morgan fingerprint density at radius 2 is 2.11 bits per heavy atom. The highest BCUT2D eigenvalue weighted by atomic mass is 19.1. The second-order valence-electron chi connectivity index (χ2n) is 7.50. The van der Waals surface area contributed by atoms with Gasteiger partial charge in [-0.2, -0.15) is 0 Å². The van der Waals surface area contributed by atoms with Crippen molar-refractivity contribution < 1.29 is 13.9 Å².